The van der Waals surface area contributed by atoms with Gasteiger partial charge in [-0.2, -0.15) is 0 Å². The van der Waals surface area contributed by atoms with Crippen molar-refractivity contribution in [2.75, 3.05) is 13.2 Å². The van der Waals surface area contributed by atoms with Crippen LogP contribution in [0.1, 0.15) is 63.5 Å². The lowest BCUT2D eigenvalue weighted by Crippen LogP contribution is -2.46. The number of rotatable bonds is 9. The first-order chi connectivity index (χ1) is 19.0. The minimum Gasteiger partial charge on any atom is -0.449 e. The fourth-order valence-electron chi connectivity index (χ4n) is 4.65. The Morgan fingerprint density at radius 2 is 1.50 bits per heavy atom. The van der Waals surface area contributed by atoms with Gasteiger partial charge in [-0.15, -0.1) is 5.06 Å². The van der Waals surface area contributed by atoms with Crippen LogP contribution in [0, 0.1) is 0 Å². The van der Waals surface area contributed by atoms with Gasteiger partial charge in [0.15, 0.2) is 0 Å². The molecule has 4 rings (SSSR count). The second kappa shape index (κ2) is 12.2. The minimum atomic E-state index is -1.24. The summed E-state index contributed by atoms with van der Waals surface area (Å²) >= 11 is 0. The highest BCUT2D eigenvalue weighted by Crippen LogP contribution is 2.44. The summed E-state index contributed by atoms with van der Waals surface area (Å²) in [7, 11) is 0. The summed E-state index contributed by atoms with van der Waals surface area (Å²) in [5.74, 6) is -2.44. The number of carbonyl (C=O) groups is 5. The largest absolute Gasteiger partial charge is 0.449 e. The summed E-state index contributed by atoms with van der Waals surface area (Å²) in [5.41, 5.74) is 3.55. The van der Waals surface area contributed by atoms with E-state index in [0.29, 0.717) is 5.06 Å². The molecule has 212 valence electrons. The van der Waals surface area contributed by atoms with Crippen molar-refractivity contribution in [3.05, 3.63) is 59.7 Å². The molecule has 1 atom stereocenters. The van der Waals surface area contributed by atoms with E-state index in [0.717, 1.165) is 22.3 Å². The maximum atomic E-state index is 12.9. The molecule has 2 aromatic rings. The third-order valence-corrected chi connectivity index (χ3v) is 6.45. The van der Waals surface area contributed by atoms with Crippen LogP contribution in [0.25, 0.3) is 11.1 Å². The number of carbonyl (C=O) groups excluding carboxylic acids is 5. The number of nitrogens with one attached hydrogen (secondary N) is 2. The van der Waals surface area contributed by atoms with Crippen molar-refractivity contribution in [2.45, 2.75) is 64.0 Å². The Kier molecular flexibility index (Phi) is 8.71. The summed E-state index contributed by atoms with van der Waals surface area (Å²) < 4.78 is 10.7. The van der Waals surface area contributed by atoms with Crippen molar-refractivity contribution in [3.63, 3.8) is 0 Å². The van der Waals surface area contributed by atoms with E-state index in [9.17, 15) is 24.0 Å². The fraction of sp³-hybridized carbons (Fsp3) is 0.414. The normalized spacial score (nSPS) is 15.2. The third-order valence-electron chi connectivity index (χ3n) is 6.45. The second-order valence-corrected chi connectivity index (χ2v) is 10.6. The molecule has 11 nitrogen and oxygen atoms in total. The molecule has 1 saturated heterocycles. The smallest absolute Gasteiger partial charge is 0.407 e. The van der Waals surface area contributed by atoms with Gasteiger partial charge < -0.3 is 24.9 Å². The van der Waals surface area contributed by atoms with Crippen LogP contribution in [0.15, 0.2) is 48.5 Å². The summed E-state index contributed by atoms with van der Waals surface area (Å²) in [5, 5.41) is 5.49. The van der Waals surface area contributed by atoms with E-state index in [-0.39, 0.29) is 44.8 Å². The summed E-state index contributed by atoms with van der Waals surface area (Å²) in [6.45, 7) is 5.38. The van der Waals surface area contributed by atoms with Crippen LogP contribution in [-0.4, -0.2) is 59.8 Å². The Bertz CT molecular complexity index is 1240. The number of alkyl carbamates (subject to hydrolysis) is 2. The highest BCUT2D eigenvalue weighted by atomic mass is 16.7. The SMILES string of the molecule is CC(C)(C)OC(=O)NCCC[C@H](NC(=O)OCC1c2ccccc2-c2ccccc21)C(=O)ON1C(=O)CCC1=O. The Balaban J connectivity index is 1.37. The topological polar surface area (TPSA) is 140 Å². The van der Waals surface area contributed by atoms with E-state index in [2.05, 4.69) is 10.6 Å². The van der Waals surface area contributed by atoms with Gasteiger partial charge in [0.1, 0.15) is 18.2 Å². The highest BCUT2D eigenvalue weighted by Gasteiger charge is 2.36. The van der Waals surface area contributed by atoms with Crippen LogP contribution >= 0.6 is 0 Å². The number of ether oxygens (including phenoxy) is 2. The number of hydrogen-bond acceptors (Lipinski definition) is 8. The second-order valence-electron chi connectivity index (χ2n) is 10.6. The van der Waals surface area contributed by atoms with E-state index in [1.54, 1.807) is 20.8 Å². The number of imide groups is 1. The third kappa shape index (κ3) is 6.96. The molecule has 1 heterocycles. The van der Waals surface area contributed by atoms with Crippen LogP contribution in [0.4, 0.5) is 9.59 Å². The Labute approximate surface area is 232 Å². The van der Waals surface area contributed by atoms with E-state index in [4.69, 9.17) is 14.3 Å². The zero-order valence-corrected chi connectivity index (χ0v) is 22.7. The molecular weight excluding hydrogens is 518 g/mol. The van der Waals surface area contributed by atoms with Crippen molar-refractivity contribution in [1.29, 1.82) is 0 Å². The highest BCUT2D eigenvalue weighted by molar-refractivity contribution is 6.01. The van der Waals surface area contributed by atoms with Gasteiger partial charge in [-0.05, 0) is 55.9 Å². The lowest BCUT2D eigenvalue weighted by atomic mass is 9.98. The van der Waals surface area contributed by atoms with E-state index < -0.39 is 41.6 Å². The van der Waals surface area contributed by atoms with Gasteiger partial charge in [0.2, 0.25) is 0 Å². The van der Waals surface area contributed by atoms with Crippen molar-refractivity contribution in [2.24, 2.45) is 0 Å². The quantitative estimate of drug-likeness (QED) is 0.354. The van der Waals surface area contributed by atoms with Gasteiger partial charge in [0.05, 0.1) is 0 Å². The zero-order chi connectivity index (χ0) is 28.9. The molecule has 4 amide bonds. The standard InChI is InChI=1S/C29H33N3O8/c1-29(2,3)39-27(36)30-16-8-13-23(26(35)40-32-24(33)14-15-25(32)34)31-28(37)38-17-22-20-11-6-4-9-18(20)19-10-5-7-12-21(19)22/h4-7,9-12,22-23H,8,13-17H2,1-3H3,(H,30,36)(H,31,37)/t23-/m0/s1. The predicted octanol–water partition coefficient (Wildman–Crippen LogP) is 3.81. The average molecular weight is 552 g/mol. The van der Waals surface area contributed by atoms with Crippen molar-refractivity contribution < 1.29 is 38.3 Å². The molecule has 40 heavy (non-hydrogen) atoms. The molecule has 2 N–H and O–H groups in total. The van der Waals surface area contributed by atoms with Gasteiger partial charge in [-0.1, -0.05) is 48.5 Å². The summed E-state index contributed by atoms with van der Waals surface area (Å²) in [6, 6.07) is 14.5. The summed E-state index contributed by atoms with van der Waals surface area (Å²) in [6.07, 6.45) is -1.31. The fourth-order valence-corrected chi connectivity index (χ4v) is 4.65. The monoisotopic (exact) mass is 551 g/mol. The molecule has 1 aliphatic heterocycles. The van der Waals surface area contributed by atoms with Crippen LogP contribution in [0.5, 0.6) is 0 Å². The minimum absolute atomic E-state index is 0.0327. The lowest BCUT2D eigenvalue weighted by molar-refractivity contribution is -0.199. The average Bonchev–Trinajstić information content (AvgIpc) is 3.39. The Morgan fingerprint density at radius 3 is 2.08 bits per heavy atom. The number of amides is 4. The van der Waals surface area contributed by atoms with Crippen LogP contribution in [-0.2, 0) is 28.7 Å². The molecule has 0 unspecified atom stereocenters. The maximum absolute atomic E-state index is 12.9. The molecular formula is C29H33N3O8. The first kappa shape index (κ1) is 28.6. The van der Waals surface area contributed by atoms with Crippen LogP contribution < -0.4 is 10.6 Å². The Hall–Kier alpha value is -4.41. The van der Waals surface area contributed by atoms with Gasteiger partial charge in [-0.3, -0.25) is 9.59 Å². The molecule has 11 heteroatoms. The van der Waals surface area contributed by atoms with Crippen LogP contribution in [0.3, 0.4) is 0 Å². The molecule has 2 aliphatic rings. The molecule has 1 aliphatic carbocycles. The molecule has 0 radical (unpaired) electrons. The predicted molar refractivity (Wildman–Crippen MR) is 143 cm³/mol. The number of hydrogen-bond donors (Lipinski definition) is 2. The van der Waals surface area contributed by atoms with Gasteiger partial charge in [-0.25, -0.2) is 14.4 Å². The van der Waals surface area contributed by atoms with E-state index in [1.165, 1.54) is 0 Å². The molecule has 0 aromatic heterocycles. The van der Waals surface area contributed by atoms with Crippen molar-refractivity contribution in [3.8, 4) is 11.1 Å². The molecule has 1 fully saturated rings. The molecule has 0 saturated carbocycles. The maximum Gasteiger partial charge on any atom is 0.407 e. The first-order valence-corrected chi connectivity index (χ1v) is 13.2. The van der Waals surface area contributed by atoms with Crippen molar-refractivity contribution in [1.82, 2.24) is 15.7 Å². The van der Waals surface area contributed by atoms with Crippen molar-refractivity contribution >= 4 is 30.0 Å². The van der Waals surface area contributed by atoms with Gasteiger partial charge in [0.25, 0.3) is 11.8 Å². The van der Waals surface area contributed by atoms with Gasteiger partial charge in [0, 0.05) is 25.3 Å². The van der Waals surface area contributed by atoms with Gasteiger partial charge >= 0.3 is 18.2 Å². The number of nitrogens with zero attached hydrogens (tertiary/aromatic N) is 1. The zero-order valence-electron chi connectivity index (χ0n) is 22.7. The van der Waals surface area contributed by atoms with Crippen LogP contribution in [0.2, 0.25) is 0 Å². The van der Waals surface area contributed by atoms with E-state index >= 15 is 0 Å². The first-order valence-electron chi connectivity index (χ1n) is 13.2. The number of benzene rings is 2. The van der Waals surface area contributed by atoms with E-state index in [1.807, 2.05) is 48.5 Å². The molecule has 0 bridgehead atoms. The number of fused-ring (bicyclic) bond motifs is 3. The molecule has 0 spiro atoms. The lowest BCUT2D eigenvalue weighted by Gasteiger charge is -2.21. The number of hydroxylamine groups is 2. The summed E-state index contributed by atoms with van der Waals surface area (Å²) in [4.78, 5) is 66.5. The Morgan fingerprint density at radius 1 is 0.925 bits per heavy atom. The molecule has 2 aromatic carbocycles.